The van der Waals surface area contributed by atoms with E-state index in [2.05, 4.69) is 14.4 Å². The van der Waals surface area contributed by atoms with E-state index in [0.717, 1.165) is 0 Å². The summed E-state index contributed by atoms with van der Waals surface area (Å²) < 4.78 is 56.9. The monoisotopic (exact) mass is 521 g/mol. The topological polar surface area (TPSA) is 105 Å². The average molecular weight is 522 g/mol. The number of aromatic nitrogens is 1. The second-order valence-corrected chi connectivity index (χ2v) is 12.6. The van der Waals surface area contributed by atoms with E-state index in [1.165, 1.54) is 47.4 Å². The van der Waals surface area contributed by atoms with Crippen LogP contribution in [0.2, 0.25) is 10.0 Å². The maximum Gasteiger partial charge on any atom is 0.267 e. The molecule has 0 saturated carbocycles. The molecule has 0 aliphatic carbocycles. The van der Waals surface area contributed by atoms with E-state index in [1.54, 1.807) is 17.7 Å². The number of nitrogens with zero attached hydrogens (tertiary/aromatic N) is 1. The van der Waals surface area contributed by atoms with Gasteiger partial charge in [0.15, 0.2) is 0 Å². The Morgan fingerprint density at radius 1 is 0.933 bits per heavy atom. The van der Waals surface area contributed by atoms with Crippen LogP contribution in [0.1, 0.15) is 6.42 Å². The zero-order chi connectivity index (χ0) is 21.5. The third-order valence-corrected chi connectivity index (χ3v) is 10.1. The number of halogens is 2. The first kappa shape index (κ1) is 21.7. The van der Waals surface area contributed by atoms with E-state index >= 15 is 0 Å². The summed E-state index contributed by atoms with van der Waals surface area (Å²) in [5, 5.41) is 0.154. The molecule has 0 spiro atoms. The Morgan fingerprint density at radius 3 is 2.23 bits per heavy atom. The van der Waals surface area contributed by atoms with Crippen molar-refractivity contribution < 1.29 is 16.8 Å². The summed E-state index contributed by atoms with van der Waals surface area (Å²) >= 11 is 14.6. The first-order valence-corrected chi connectivity index (χ1v) is 14.0. The lowest BCUT2D eigenvalue weighted by molar-refractivity contribution is 0.600. The molecule has 0 radical (unpaired) electrons. The minimum atomic E-state index is -4.04. The molecular formula is C17H13Cl2N3O4S4. The second-order valence-electron chi connectivity index (χ2n) is 6.17. The number of hydrogen-bond acceptors (Lipinski definition) is 7. The van der Waals surface area contributed by atoms with Gasteiger partial charge in [-0.15, -0.1) is 23.1 Å². The highest BCUT2D eigenvalue weighted by Gasteiger charge is 2.25. The van der Waals surface area contributed by atoms with Crippen LogP contribution in [0.4, 0.5) is 11.4 Å². The smallest absolute Gasteiger partial charge is 0.267 e. The quantitative estimate of drug-likeness (QED) is 0.466. The SMILES string of the molecule is O=S(=O)(Nc1cc(Cl)c(Cl)cc1NS(=O)(=O)c1ccc2ncsc2c1)C1=CCCS1. The number of nitrogens with one attached hydrogen (secondary N) is 2. The summed E-state index contributed by atoms with van der Waals surface area (Å²) in [6.07, 6.45) is 2.25. The van der Waals surface area contributed by atoms with Crippen molar-refractivity contribution in [2.24, 2.45) is 0 Å². The van der Waals surface area contributed by atoms with Gasteiger partial charge in [0.25, 0.3) is 20.0 Å². The van der Waals surface area contributed by atoms with Gasteiger partial charge >= 0.3 is 0 Å². The van der Waals surface area contributed by atoms with Crippen LogP contribution >= 0.6 is 46.3 Å². The van der Waals surface area contributed by atoms with Gasteiger partial charge in [0.1, 0.15) is 4.24 Å². The molecule has 2 aromatic carbocycles. The minimum absolute atomic E-state index is 0.00758. The standard InChI is InChI=1S/C17H13Cl2N3O4S4/c18-11-7-14(15(8-12(11)19)22-30(25,26)17-2-1-5-27-17)21-29(23,24)10-3-4-13-16(6-10)28-9-20-13/h2-4,6-9,21-22H,1,5H2. The second kappa shape index (κ2) is 8.21. The molecule has 30 heavy (non-hydrogen) atoms. The lowest BCUT2D eigenvalue weighted by Gasteiger charge is -2.16. The first-order valence-electron chi connectivity index (χ1n) is 8.37. The Kier molecular flexibility index (Phi) is 5.94. The molecule has 3 aromatic rings. The fraction of sp³-hybridized carbons (Fsp3) is 0.118. The van der Waals surface area contributed by atoms with Crippen molar-refractivity contribution in [3.8, 4) is 0 Å². The summed E-state index contributed by atoms with van der Waals surface area (Å²) in [7, 11) is -7.91. The third kappa shape index (κ3) is 4.41. The number of thiazole rings is 1. The summed E-state index contributed by atoms with van der Waals surface area (Å²) in [5.41, 5.74) is 2.24. The number of thioether (sulfide) groups is 1. The summed E-state index contributed by atoms with van der Waals surface area (Å²) in [4.78, 5) is 4.13. The van der Waals surface area contributed by atoms with Gasteiger partial charge in [-0.2, -0.15) is 0 Å². The normalized spacial score (nSPS) is 14.7. The van der Waals surface area contributed by atoms with Gasteiger partial charge in [-0.25, -0.2) is 21.8 Å². The van der Waals surface area contributed by atoms with Crippen molar-refractivity contribution in [1.82, 2.24) is 4.98 Å². The van der Waals surface area contributed by atoms with E-state index in [1.807, 2.05) is 0 Å². The number of allylic oxidation sites excluding steroid dienone is 1. The highest BCUT2D eigenvalue weighted by Crippen LogP contribution is 2.37. The van der Waals surface area contributed by atoms with E-state index < -0.39 is 20.0 Å². The van der Waals surface area contributed by atoms with Gasteiger partial charge in [-0.1, -0.05) is 29.3 Å². The molecule has 0 bridgehead atoms. The number of fused-ring (bicyclic) bond motifs is 1. The van der Waals surface area contributed by atoms with Crippen LogP contribution in [-0.2, 0) is 20.0 Å². The molecule has 0 atom stereocenters. The fourth-order valence-corrected chi connectivity index (χ4v) is 7.48. The summed E-state index contributed by atoms with van der Waals surface area (Å²) in [5.74, 6) is 0.664. The van der Waals surface area contributed by atoms with Crippen molar-refractivity contribution in [3.05, 3.63) is 56.2 Å². The largest absolute Gasteiger partial charge is 0.277 e. The molecule has 158 valence electrons. The lowest BCUT2D eigenvalue weighted by Crippen LogP contribution is -2.17. The van der Waals surface area contributed by atoms with Crippen molar-refractivity contribution in [2.45, 2.75) is 11.3 Å². The van der Waals surface area contributed by atoms with Crippen LogP contribution in [-0.4, -0.2) is 27.6 Å². The third-order valence-electron chi connectivity index (χ3n) is 4.10. The van der Waals surface area contributed by atoms with Crippen LogP contribution in [0.15, 0.2) is 51.1 Å². The molecule has 1 aliphatic rings. The molecule has 1 aromatic heterocycles. The number of anilines is 2. The Balaban J connectivity index is 1.71. The fourth-order valence-electron chi connectivity index (χ4n) is 2.70. The Labute approximate surface area is 191 Å². The van der Waals surface area contributed by atoms with Crippen molar-refractivity contribution in [2.75, 3.05) is 15.2 Å². The van der Waals surface area contributed by atoms with Crippen LogP contribution in [0, 0.1) is 0 Å². The van der Waals surface area contributed by atoms with Gasteiger partial charge in [0.2, 0.25) is 0 Å². The molecule has 0 saturated heterocycles. The van der Waals surface area contributed by atoms with Gasteiger partial charge in [0.05, 0.1) is 42.0 Å². The van der Waals surface area contributed by atoms with E-state index in [9.17, 15) is 16.8 Å². The molecule has 0 fully saturated rings. The van der Waals surface area contributed by atoms with Gasteiger partial charge in [-0.3, -0.25) is 9.44 Å². The van der Waals surface area contributed by atoms with E-state index in [0.29, 0.717) is 22.4 Å². The van der Waals surface area contributed by atoms with Gasteiger partial charge in [0, 0.05) is 5.75 Å². The van der Waals surface area contributed by atoms with E-state index in [4.69, 9.17) is 23.2 Å². The first-order chi connectivity index (χ1) is 14.2. The van der Waals surface area contributed by atoms with Crippen LogP contribution < -0.4 is 9.44 Å². The molecule has 1 aliphatic heterocycles. The lowest BCUT2D eigenvalue weighted by atomic mass is 10.3. The van der Waals surface area contributed by atoms with Crippen LogP contribution in [0.3, 0.4) is 0 Å². The van der Waals surface area contributed by atoms with Crippen LogP contribution in [0.25, 0.3) is 10.2 Å². The summed E-state index contributed by atoms with van der Waals surface area (Å²) in [6.45, 7) is 0. The Hall–Kier alpha value is -1.50. The molecular weight excluding hydrogens is 509 g/mol. The van der Waals surface area contributed by atoms with Crippen molar-refractivity contribution >= 4 is 87.9 Å². The molecule has 13 heteroatoms. The highest BCUT2D eigenvalue weighted by molar-refractivity contribution is 8.19. The molecule has 7 nitrogen and oxygen atoms in total. The van der Waals surface area contributed by atoms with E-state index in [-0.39, 0.29) is 30.6 Å². The average Bonchev–Trinajstić information content (AvgIpc) is 3.36. The molecule has 2 heterocycles. The number of hydrogen-bond donors (Lipinski definition) is 2. The van der Waals surface area contributed by atoms with Gasteiger partial charge < -0.3 is 0 Å². The molecule has 4 rings (SSSR count). The number of rotatable bonds is 6. The van der Waals surface area contributed by atoms with Gasteiger partial charge in [-0.05, 0) is 36.8 Å². The Morgan fingerprint density at radius 2 is 1.60 bits per heavy atom. The maximum absolute atomic E-state index is 12.9. The summed E-state index contributed by atoms with van der Waals surface area (Å²) in [6, 6.07) is 7.05. The predicted octanol–water partition coefficient (Wildman–Crippen LogP) is 5.12. The highest BCUT2D eigenvalue weighted by atomic mass is 35.5. The van der Waals surface area contributed by atoms with Crippen LogP contribution in [0.5, 0.6) is 0 Å². The molecule has 0 amide bonds. The zero-order valence-corrected chi connectivity index (χ0v) is 19.7. The predicted molar refractivity (Wildman–Crippen MR) is 125 cm³/mol. The zero-order valence-electron chi connectivity index (χ0n) is 14.9. The molecule has 2 N–H and O–H groups in total. The van der Waals surface area contributed by atoms with Crippen molar-refractivity contribution in [3.63, 3.8) is 0 Å². The number of sulfonamides is 2. The number of benzene rings is 2. The Bertz CT molecular complexity index is 1390. The maximum atomic E-state index is 12.9. The minimum Gasteiger partial charge on any atom is -0.277 e. The molecule has 0 unspecified atom stereocenters. The van der Waals surface area contributed by atoms with Crippen molar-refractivity contribution in [1.29, 1.82) is 0 Å².